The molecule has 3 aromatic rings. The molecule has 1 heterocycles. The minimum Gasteiger partial charge on any atom is -0.354 e. The first kappa shape index (κ1) is 26.2. The molecule has 1 aromatic heterocycles. The molecule has 0 aliphatic rings. The average molecular weight is 499 g/mol. The van der Waals surface area contributed by atoms with Gasteiger partial charge in [0.1, 0.15) is 6.54 Å². The zero-order chi connectivity index (χ0) is 25.4. The number of carbonyl (C=O) groups excluding carboxylic acids is 2. The standard InChI is InChI=1S/C26H31ClN4O4/c1-18(2)29-23(32)9-5-6-16-30-25(34)21-7-3-4-8-22(21)31(26(30)35)17-24(33)28-15-14-19-10-12-20(27)13-11-19/h3-4,7-8,10-13,18H,5-6,9,14-17H2,1-2H3,(H,28,33)(H,29,32). The summed E-state index contributed by atoms with van der Waals surface area (Å²) in [6.07, 6.45) is 1.99. The van der Waals surface area contributed by atoms with Gasteiger partial charge in [-0.05, 0) is 62.9 Å². The van der Waals surface area contributed by atoms with Crippen LogP contribution in [0.25, 0.3) is 10.9 Å². The van der Waals surface area contributed by atoms with Crippen molar-refractivity contribution in [3.05, 3.63) is 80.0 Å². The summed E-state index contributed by atoms with van der Waals surface area (Å²) in [7, 11) is 0. The van der Waals surface area contributed by atoms with Gasteiger partial charge in [0.2, 0.25) is 11.8 Å². The fourth-order valence-corrected chi connectivity index (χ4v) is 3.99. The van der Waals surface area contributed by atoms with Crippen LogP contribution >= 0.6 is 11.6 Å². The van der Waals surface area contributed by atoms with Crippen LogP contribution in [0.5, 0.6) is 0 Å². The van der Waals surface area contributed by atoms with Crippen molar-refractivity contribution >= 4 is 34.3 Å². The van der Waals surface area contributed by atoms with Gasteiger partial charge >= 0.3 is 5.69 Å². The summed E-state index contributed by atoms with van der Waals surface area (Å²) in [6.45, 7) is 4.17. The molecule has 3 rings (SSSR count). The van der Waals surface area contributed by atoms with Crippen LogP contribution in [-0.2, 0) is 29.1 Å². The summed E-state index contributed by atoms with van der Waals surface area (Å²) in [4.78, 5) is 50.7. The molecule has 2 aromatic carbocycles. The summed E-state index contributed by atoms with van der Waals surface area (Å²) >= 11 is 5.90. The molecule has 0 fully saturated rings. The first-order valence-electron chi connectivity index (χ1n) is 11.8. The first-order valence-corrected chi connectivity index (χ1v) is 12.2. The Morgan fingerprint density at radius 2 is 1.66 bits per heavy atom. The van der Waals surface area contributed by atoms with Crippen molar-refractivity contribution in [2.45, 2.75) is 58.7 Å². The highest BCUT2D eigenvalue weighted by molar-refractivity contribution is 6.30. The van der Waals surface area contributed by atoms with E-state index in [1.807, 2.05) is 26.0 Å². The Bertz CT molecular complexity index is 1300. The lowest BCUT2D eigenvalue weighted by Crippen LogP contribution is -2.43. The third-order valence-corrected chi connectivity index (χ3v) is 5.82. The Balaban J connectivity index is 1.70. The van der Waals surface area contributed by atoms with Gasteiger partial charge in [0.15, 0.2) is 0 Å². The number of unbranched alkanes of at least 4 members (excludes halogenated alkanes) is 1. The summed E-state index contributed by atoms with van der Waals surface area (Å²) in [6, 6.07) is 14.2. The van der Waals surface area contributed by atoms with E-state index in [-0.39, 0.29) is 30.9 Å². The third-order valence-electron chi connectivity index (χ3n) is 5.57. The second-order valence-electron chi connectivity index (χ2n) is 8.75. The van der Waals surface area contributed by atoms with E-state index < -0.39 is 11.2 Å². The van der Waals surface area contributed by atoms with Crippen molar-refractivity contribution in [2.75, 3.05) is 6.54 Å². The quantitative estimate of drug-likeness (QED) is 0.397. The highest BCUT2D eigenvalue weighted by atomic mass is 35.5. The number of halogens is 1. The molecule has 35 heavy (non-hydrogen) atoms. The highest BCUT2D eigenvalue weighted by Gasteiger charge is 2.15. The highest BCUT2D eigenvalue weighted by Crippen LogP contribution is 2.10. The van der Waals surface area contributed by atoms with Gasteiger partial charge in [-0.15, -0.1) is 0 Å². The van der Waals surface area contributed by atoms with Crippen LogP contribution in [0.4, 0.5) is 0 Å². The molecule has 0 atom stereocenters. The predicted molar refractivity (Wildman–Crippen MR) is 138 cm³/mol. The summed E-state index contributed by atoms with van der Waals surface area (Å²) in [5.41, 5.74) is 0.528. The van der Waals surface area contributed by atoms with Crippen molar-refractivity contribution in [3.8, 4) is 0 Å². The molecular formula is C26H31ClN4O4. The van der Waals surface area contributed by atoms with Crippen molar-refractivity contribution < 1.29 is 9.59 Å². The normalized spacial score (nSPS) is 11.1. The number of amides is 2. The largest absolute Gasteiger partial charge is 0.354 e. The van der Waals surface area contributed by atoms with Gasteiger partial charge in [-0.3, -0.25) is 23.5 Å². The number of nitrogens with one attached hydrogen (secondary N) is 2. The smallest absolute Gasteiger partial charge is 0.331 e. The number of fused-ring (bicyclic) bond motifs is 1. The van der Waals surface area contributed by atoms with Crippen molar-refractivity contribution in [1.29, 1.82) is 0 Å². The molecule has 0 aliphatic carbocycles. The summed E-state index contributed by atoms with van der Waals surface area (Å²) in [5, 5.41) is 6.69. The van der Waals surface area contributed by atoms with Gasteiger partial charge in [0.25, 0.3) is 5.56 Å². The van der Waals surface area contributed by atoms with Crippen LogP contribution < -0.4 is 21.9 Å². The molecule has 2 amide bonds. The molecule has 2 N–H and O–H groups in total. The minimum absolute atomic E-state index is 0.0569. The summed E-state index contributed by atoms with van der Waals surface area (Å²) < 4.78 is 2.49. The number of hydrogen-bond donors (Lipinski definition) is 2. The Kier molecular flexibility index (Phi) is 9.25. The van der Waals surface area contributed by atoms with E-state index in [1.54, 1.807) is 36.4 Å². The Morgan fingerprint density at radius 3 is 2.37 bits per heavy atom. The minimum atomic E-state index is -0.534. The molecule has 8 nitrogen and oxygen atoms in total. The fraction of sp³-hybridized carbons (Fsp3) is 0.385. The number of carbonyl (C=O) groups is 2. The van der Waals surface area contributed by atoms with Crippen molar-refractivity contribution in [3.63, 3.8) is 0 Å². The predicted octanol–water partition coefficient (Wildman–Crippen LogP) is 2.87. The second-order valence-corrected chi connectivity index (χ2v) is 9.18. The van der Waals surface area contributed by atoms with E-state index in [0.717, 1.165) is 10.1 Å². The maximum absolute atomic E-state index is 13.2. The van der Waals surface area contributed by atoms with E-state index in [9.17, 15) is 19.2 Å². The summed E-state index contributed by atoms with van der Waals surface area (Å²) in [5.74, 6) is -0.375. The van der Waals surface area contributed by atoms with Gasteiger partial charge in [-0.2, -0.15) is 0 Å². The van der Waals surface area contributed by atoms with E-state index in [0.29, 0.717) is 48.2 Å². The molecule has 0 saturated carbocycles. The number of aromatic nitrogens is 2. The van der Waals surface area contributed by atoms with Crippen LogP contribution in [0.1, 0.15) is 38.7 Å². The fourth-order valence-electron chi connectivity index (χ4n) is 3.87. The van der Waals surface area contributed by atoms with E-state index in [2.05, 4.69) is 10.6 Å². The Morgan fingerprint density at radius 1 is 0.943 bits per heavy atom. The Hall–Kier alpha value is -3.39. The molecule has 186 valence electrons. The maximum atomic E-state index is 13.2. The molecule has 0 spiro atoms. The maximum Gasteiger partial charge on any atom is 0.331 e. The molecule has 0 bridgehead atoms. The molecule has 0 radical (unpaired) electrons. The molecule has 0 saturated heterocycles. The van der Waals surface area contributed by atoms with Crippen LogP contribution in [-0.4, -0.2) is 33.5 Å². The van der Waals surface area contributed by atoms with Crippen molar-refractivity contribution in [1.82, 2.24) is 19.8 Å². The number of hydrogen-bond acceptors (Lipinski definition) is 4. The van der Waals surface area contributed by atoms with E-state index in [4.69, 9.17) is 11.6 Å². The lowest BCUT2D eigenvalue weighted by atomic mass is 10.1. The average Bonchev–Trinajstić information content (AvgIpc) is 2.82. The topological polar surface area (TPSA) is 102 Å². The van der Waals surface area contributed by atoms with Crippen LogP contribution in [0.2, 0.25) is 5.02 Å². The van der Waals surface area contributed by atoms with Crippen LogP contribution in [0.15, 0.2) is 58.1 Å². The SMILES string of the molecule is CC(C)NC(=O)CCCCn1c(=O)c2ccccc2n(CC(=O)NCCc2ccc(Cl)cc2)c1=O. The zero-order valence-electron chi connectivity index (χ0n) is 20.1. The Labute approximate surface area is 208 Å². The lowest BCUT2D eigenvalue weighted by Gasteiger charge is -2.14. The van der Waals surface area contributed by atoms with Gasteiger partial charge in [-0.25, -0.2) is 4.79 Å². The lowest BCUT2D eigenvalue weighted by molar-refractivity contribution is -0.122. The third kappa shape index (κ3) is 7.29. The van der Waals surface area contributed by atoms with Crippen LogP contribution in [0.3, 0.4) is 0 Å². The van der Waals surface area contributed by atoms with Crippen LogP contribution in [0, 0.1) is 0 Å². The molecule has 0 unspecified atom stereocenters. The van der Waals surface area contributed by atoms with E-state index >= 15 is 0 Å². The zero-order valence-corrected chi connectivity index (χ0v) is 20.8. The number of nitrogens with zero attached hydrogens (tertiary/aromatic N) is 2. The van der Waals surface area contributed by atoms with Gasteiger partial charge in [0, 0.05) is 30.6 Å². The number of benzene rings is 2. The van der Waals surface area contributed by atoms with Gasteiger partial charge in [-0.1, -0.05) is 35.9 Å². The monoisotopic (exact) mass is 498 g/mol. The molecule has 9 heteroatoms. The van der Waals surface area contributed by atoms with Gasteiger partial charge < -0.3 is 10.6 Å². The first-order chi connectivity index (χ1) is 16.8. The molecular weight excluding hydrogens is 468 g/mol. The second kappa shape index (κ2) is 12.4. The van der Waals surface area contributed by atoms with E-state index in [1.165, 1.54) is 4.57 Å². The number of rotatable bonds is 11. The molecule has 0 aliphatic heterocycles. The number of para-hydroxylation sites is 1. The van der Waals surface area contributed by atoms with Gasteiger partial charge in [0.05, 0.1) is 10.9 Å². The van der Waals surface area contributed by atoms with Crippen molar-refractivity contribution in [2.24, 2.45) is 0 Å².